The van der Waals surface area contributed by atoms with E-state index in [0.717, 1.165) is 24.2 Å². The molecule has 0 unspecified atom stereocenters. The van der Waals surface area contributed by atoms with Gasteiger partial charge in [-0.2, -0.15) is 5.26 Å². The first kappa shape index (κ1) is 19.9. The molecule has 1 nitrogen and oxygen atoms in total. The monoisotopic (exact) mass is 365 g/mol. The zero-order valence-electron chi connectivity index (χ0n) is 16.3. The molecule has 1 aromatic rings. The largest absolute Gasteiger partial charge is 0.207 e. The summed E-state index contributed by atoms with van der Waals surface area (Å²) in [5.41, 5.74) is 1.33. The van der Waals surface area contributed by atoms with Crippen molar-refractivity contribution in [2.75, 3.05) is 0 Å². The van der Waals surface area contributed by atoms with Gasteiger partial charge in [-0.1, -0.05) is 43.2 Å². The summed E-state index contributed by atoms with van der Waals surface area (Å²) in [5, 5.41) is 8.46. The zero-order chi connectivity index (χ0) is 18.9. The van der Waals surface area contributed by atoms with Crippen LogP contribution in [0.15, 0.2) is 48.6 Å². The summed E-state index contributed by atoms with van der Waals surface area (Å²) >= 11 is 0. The molecular formula is C25H32FN. The molecule has 0 bridgehead atoms. The van der Waals surface area contributed by atoms with E-state index in [4.69, 9.17) is 5.26 Å². The SMILES string of the molecule is N#CC=CC=CCCC1CCC(C2CCC(c3ccc(F)cc3)CC2)CC1. The normalized spacial score (nSPS) is 29.2. The Morgan fingerprint density at radius 1 is 0.889 bits per heavy atom. The topological polar surface area (TPSA) is 23.8 Å². The van der Waals surface area contributed by atoms with Crippen LogP contribution in [-0.4, -0.2) is 0 Å². The van der Waals surface area contributed by atoms with Gasteiger partial charge in [0.2, 0.25) is 0 Å². The summed E-state index contributed by atoms with van der Waals surface area (Å²) in [7, 11) is 0. The lowest BCUT2D eigenvalue weighted by atomic mass is 9.68. The highest BCUT2D eigenvalue weighted by Crippen LogP contribution is 2.44. The maximum absolute atomic E-state index is 13.1. The molecule has 0 N–H and O–H groups in total. The molecule has 0 spiro atoms. The van der Waals surface area contributed by atoms with E-state index in [-0.39, 0.29) is 5.82 Å². The number of rotatable bonds is 6. The van der Waals surface area contributed by atoms with Gasteiger partial charge in [0.25, 0.3) is 0 Å². The van der Waals surface area contributed by atoms with Crippen molar-refractivity contribution in [3.05, 3.63) is 60.0 Å². The van der Waals surface area contributed by atoms with Crippen LogP contribution in [0.5, 0.6) is 0 Å². The quantitative estimate of drug-likeness (QED) is 0.382. The Labute approximate surface area is 164 Å². The molecule has 0 saturated heterocycles. The number of hydrogen-bond donors (Lipinski definition) is 0. The third-order valence-corrected chi connectivity index (χ3v) is 6.83. The summed E-state index contributed by atoms with van der Waals surface area (Å²) in [4.78, 5) is 0. The van der Waals surface area contributed by atoms with Crippen molar-refractivity contribution < 1.29 is 4.39 Å². The van der Waals surface area contributed by atoms with Crippen LogP contribution in [0.4, 0.5) is 4.39 Å². The Hall–Kier alpha value is -1.88. The lowest BCUT2D eigenvalue weighted by Crippen LogP contribution is -2.25. The van der Waals surface area contributed by atoms with E-state index in [1.54, 1.807) is 12.1 Å². The van der Waals surface area contributed by atoms with Gasteiger partial charge < -0.3 is 0 Å². The molecule has 27 heavy (non-hydrogen) atoms. The van der Waals surface area contributed by atoms with E-state index >= 15 is 0 Å². The van der Waals surface area contributed by atoms with Crippen molar-refractivity contribution in [3.63, 3.8) is 0 Å². The maximum atomic E-state index is 13.1. The summed E-state index contributed by atoms with van der Waals surface area (Å²) in [6.07, 6.45) is 20.8. The Balaban J connectivity index is 1.36. The van der Waals surface area contributed by atoms with Gasteiger partial charge in [-0.05, 0) is 92.7 Å². The summed E-state index contributed by atoms with van der Waals surface area (Å²) in [6.45, 7) is 0. The third kappa shape index (κ3) is 6.06. The van der Waals surface area contributed by atoms with Crippen molar-refractivity contribution in [1.29, 1.82) is 5.26 Å². The molecule has 0 heterocycles. The lowest BCUT2D eigenvalue weighted by molar-refractivity contribution is 0.157. The molecule has 2 fully saturated rings. The van der Waals surface area contributed by atoms with Gasteiger partial charge in [-0.3, -0.25) is 0 Å². The molecular weight excluding hydrogens is 333 g/mol. The van der Waals surface area contributed by atoms with Gasteiger partial charge in [0.15, 0.2) is 0 Å². The molecule has 0 atom stereocenters. The molecule has 0 amide bonds. The highest BCUT2D eigenvalue weighted by molar-refractivity contribution is 5.21. The van der Waals surface area contributed by atoms with Crippen molar-refractivity contribution in [2.45, 2.75) is 70.1 Å². The first-order chi connectivity index (χ1) is 13.3. The molecule has 2 aliphatic carbocycles. The Morgan fingerprint density at radius 2 is 1.52 bits per heavy atom. The molecule has 2 heteroatoms. The van der Waals surface area contributed by atoms with Crippen molar-refractivity contribution in [2.24, 2.45) is 17.8 Å². The summed E-state index contributed by atoms with van der Waals surface area (Å²) in [6, 6.07) is 9.19. The van der Waals surface area contributed by atoms with Crippen LogP contribution in [0.3, 0.4) is 0 Å². The van der Waals surface area contributed by atoms with Crippen LogP contribution >= 0.6 is 0 Å². The average molecular weight is 366 g/mol. The molecule has 0 radical (unpaired) electrons. The molecule has 2 saturated carbocycles. The average Bonchev–Trinajstić information content (AvgIpc) is 2.72. The number of nitriles is 1. The van der Waals surface area contributed by atoms with Crippen LogP contribution < -0.4 is 0 Å². The van der Waals surface area contributed by atoms with Gasteiger partial charge in [0.05, 0.1) is 6.07 Å². The predicted octanol–water partition coefficient (Wildman–Crippen LogP) is 7.32. The van der Waals surface area contributed by atoms with Crippen molar-refractivity contribution in [3.8, 4) is 6.07 Å². The summed E-state index contributed by atoms with van der Waals surface area (Å²) in [5.74, 6) is 3.25. The first-order valence-electron chi connectivity index (χ1n) is 10.7. The minimum atomic E-state index is -0.127. The van der Waals surface area contributed by atoms with Crippen LogP contribution in [0.25, 0.3) is 0 Å². The van der Waals surface area contributed by atoms with E-state index in [9.17, 15) is 4.39 Å². The minimum absolute atomic E-state index is 0.127. The summed E-state index contributed by atoms with van der Waals surface area (Å²) < 4.78 is 13.1. The molecule has 2 aliphatic rings. The van der Waals surface area contributed by atoms with E-state index < -0.39 is 0 Å². The van der Waals surface area contributed by atoms with E-state index in [1.165, 1.54) is 69.4 Å². The number of hydrogen-bond acceptors (Lipinski definition) is 1. The fourth-order valence-corrected chi connectivity index (χ4v) is 5.21. The second-order valence-corrected chi connectivity index (χ2v) is 8.44. The van der Waals surface area contributed by atoms with Crippen LogP contribution in [0.1, 0.15) is 75.7 Å². The Bertz CT molecular complexity index is 651. The second kappa shape index (κ2) is 10.5. The third-order valence-electron chi connectivity index (χ3n) is 6.83. The van der Waals surface area contributed by atoms with Crippen LogP contribution in [0.2, 0.25) is 0 Å². The Kier molecular flexibility index (Phi) is 7.69. The first-order valence-corrected chi connectivity index (χ1v) is 10.7. The fraction of sp³-hybridized carbons (Fsp3) is 0.560. The zero-order valence-corrected chi connectivity index (χ0v) is 16.3. The van der Waals surface area contributed by atoms with Gasteiger partial charge in [-0.25, -0.2) is 4.39 Å². The smallest absolute Gasteiger partial charge is 0.123 e. The highest BCUT2D eigenvalue weighted by Gasteiger charge is 2.31. The number of benzene rings is 1. The minimum Gasteiger partial charge on any atom is -0.207 e. The molecule has 144 valence electrons. The number of halogens is 1. The predicted molar refractivity (Wildman–Crippen MR) is 110 cm³/mol. The van der Waals surface area contributed by atoms with Gasteiger partial charge >= 0.3 is 0 Å². The molecule has 3 rings (SSSR count). The van der Waals surface area contributed by atoms with E-state index in [1.807, 2.05) is 30.4 Å². The van der Waals surface area contributed by atoms with Gasteiger partial charge in [0.1, 0.15) is 5.82 Å². The maximum Gasteiger partial charge on any atom is 0.123 e. The Morgan fingerprint density at radius 3 is 2.15 bits per heavy atom. The highest BCUT2D eigenvalue weighted by atomic mass is 19.1. The van der Waals surface area contributed by atoms with E-state index in [2.05, 4.69) is 6.08 Å². The molecule has 0 aromatic heterocycles. The van der Waals surface area contributed by atoms with E-state index in [0.29, 0.717) is 5.92 Å². The van der Waals surface area contributed by atoms with Gasteiger partial charge in [-0.15, -0.1) is 0 Å². The standard InChI is InChI=1S/C25H32FN/c26-25-17-15-24(16-18-25)23-13-11-22(12-14-23)21-9-7-20(8-10-21)6-4-2-1-3-5-19-27/h1-3,5,15-18,20-23H,4,6-14H2. The lowest BCUT2D eigenvalue weighted by Gasteiger charge is -2.38. The fourth-order valence-electron chi connectivity index (χ4n) is 5.21. The van der Waals surface area contributed by atoms with Crippen LogP contribution in [0, 0.1) is 34.9 Å². The number of allylic oxidation sites excluding steroid dienone is 4. The van der Waals surface area contributed by atoms with Crippen LogP contribution in [-0.2, 0) is 0 Å². The number of nitrogens with zero attached hydrogens (tertiary/aromatic N) is 1. The molecule has 1 aromatic carbocycles. The van der Waals surface area contributed by atoms with Crippen molar-refractivity contribution >= 4 is 0 Å². The molecule has 0 aliphatic heterocycles. The second-order valence-electron chi connectivity index (χ2n) is 8.44. The van der Waals surface area contributed by atoms with Gasteiger partial charge in [0, 0.05) is 6.08 Å². The van der Waals surface area contributed by atoms with Crippen molar-refractivity contribution in [1.82, 2.24) is 0 Å².